The second-order valence-electron chi connectivity index (χ2n) is 5.36. The molecule has 2 aromatic rings. The topological polar surface area (TPSA) is 35.5 Å². The molecule has 0 amide bonds. The number of hydrogen-bond acceptors (Lipinski definition) is 3. The third kappa shape index (κ3) is 2.64. The van der Waals surface area contributed by atoms with E-state index in [1.54, 1.807) is 7.11 Å². The van der Waals surface area contributed by atoms with Crippen molar-refractivity contribution in [2.24, 2.45) is 5.92 Å². The number of methoxy groups -OCH3 is 2. The van der Waals surface area contributed by atoms with E-state index < -0.39 is 0 Å². The molecule has 0 aliphatic heterocycles. The SMILES string of the molecule is CO/C=C(/C(=O)OC)[C@H]1C[C@H]1c1ccc2ccccc2c1. The predicted molar refractivity (Wildman–Crippen MR) is 81.9 cm³/mol. The van der Waals surface area contributed by atoms with Gasteiger partial charge in [-0.15, -0.1) is 0 Å². The first kappa shape index (κ1) is 13.7. The maximum Gasteiger partial charge on any atom is 0.337 e. The van der Waals surface area contributed by atoms with Crippen LogP contribution in [0.1, 0.15) is 17.9 Å². The van der Waals surface area contributed by atoms with Crippen LogP contribution in [0.25, 0.3) is 10.8 Å². The third-order valence-electron chi connectivity index (χ3n) is 4.06. The molecule has 0 N–H and O–H groups in total. The van der Waals surface area contributed by atoms with Gasteiger partial charge < -0.3 is 9.47 Å². The van der Waals surface area contributed by atoms with E-state index in [0.717, 1.165) is 6.42 Å². The van der Waals surface area contributed by atoms with E-state index >= 15 is 0 Å². The Balaban J connectivity index is 1.85. The maximum atomic E-state index is 11.8. The van der Waals surface area contributed by atoms with Crippen LogP contribution in [0.15, 0.2) is 54.3 Å². The van der Waals surface area contributed by atoms with Crippen LogP contribution < -0.4 is 0 Å². The van der Waals surface area contributed by atoms with Gasteiger partial charge >= 0.3 is 5.97 Å². The molecule has 2 aromatic carbocycles. The number of ether oxygens (including phenoxy) is 2. The van der Waals surface area contributed by atoms with Crippen molar-refractivity contribution in [1.29, 1.82) is 0 Å². The van der Waals surface area contributed by atoms with Crippen molar-refractivity contribution in [3.63, 3.8) is 0 Å². The second kappa shape index (κ2) is 5.60. The minimum Gasteiger partial charge on any atom is -0.504 e. The summed E-state index contributed by atoms with van der Waals surface area (Å²) in [6.45, 7) is 0. The summed E-state index contributed by atoms with van der Waals surface area (Å²) >= 11 is 0. The predicted octanol–water partition coefficient (Wildman–Crippen LogP) is 3.65. The zero-order valence-corrected chi connectivity index (χ0v) is 12.2. The minimum absolute atomic E-state index is 0.193. The molecule has 0 radical (unpaired) electrons. The number of carbonyl (C=O) groups excluding carboxylic acids is 1. The lowest BCUT2D eigenvalue weighted by Gasteiger charge is -2.06. The number of fused-ring (bicyclic) bond motifs is 1. The molecule has 0 unspecified atom stereocenters. The van der Waals surface area contributed by atoms with Crippen LogP contribution in [0.3, 0.4) is 0 Å². The van der Waals surface area contributed by atoms with Crippen molar-refractivity contribution in [2.75, 3.05) is 14.2 Å². The van der Waals surface area contributed by atoms with Gasteiger partial charge in [0, 0.05) is 5.92 Å². The van der Waals surface area contributed by atoms with Crippen molar-refractivity contribution in [1.82, 2.24) is 0 Å². The lowest BCUT2D eigenvalue weighted by Crippen LogP contribution is -2.08. The summed E-state index contributed by atoms with van der Waals surface area (Å²) in [6.07, 6.45) is 2.47. The number of hydrogen-bond donors (Lipinski definition) is 0. The highest BCUT2D eigenvalue weighted by molar-refractivity contribution is 5.90. The molecule has 2 atom stereocenters. The molecule has 1 fully saturated rings. The van der Waals surface area contributed by atoms with Crippen LogP contribution in [-0.2, 0) is 14.3 Å². The maximum absolute atomic E-state index is 11.8. The molecule has 21 heavy (non-hydrogen) atoms. The quantitative estimate of drug-likeness (QED) is 0.488. The third-order valence-corrected chi connectivity index (χ3v) is 4.06. The molecule has 1 saturated carbocycles. The number of carbonyl (C=O) groups is 1. The van der Waals surface area contributed by atoms with Gasteiger partial charge in [-0.05, 0) is 28.7 Å². The highest BCUT2D eigenvalue weighted by Gasteiger charge is 2.44. The molecule has 0 aromatic heterocycles. The monoisotopic (exact) mass is 282 g/mol. The van der Waals surface area contributed by atoms with Crippen molar-refractivity contribution >= 4 is 16.7 Å². The summed E-state index contributed by atoms with van der Waals surface area (Å²) in [6, 6.07) is 14.8. The zero-order valence-electron chi connectivity index (χ0n) is 12.2. The summed E-state index contributed by atoms with van der Waals surface area (Å²) in [4.78, 5) is 11.8. The van der Waals surface area contributed by atoms with Crippen LogP contribution in [0.5, 0.6) is 0 Å². The summed E-state index contributed by atoms with van der Waals surface area (Å²) in [5.41, 5.74) is 1.89. The molecule has 3 heteroatoms. The first-order valence-electron chi connectivity index (χ1n) is 7.04. The summed E-state index contributed by atoms with van der Waals surface area (Å²) in [5.74, 6) is 0.263. The molecule has 108 valence electrons. The van der Waals surface area contributed by atoms with Crippen molar-refractivity contribution in [3.05, 3.63) is 59.9 Å². The van der Waals surface area contributed by atoms with Crippen LogP contribution in [-0.4, -0.2) is 20.2 Å². The fourth-order valence-corrected chi connectivity index (χ4v) is 2.88. The Labute approximate surface area is 124 Å². The Morgan fingerprint density at radius 3 is 2.62 bits per heavy atom. The van der Waals surface area contributed by atoms with Crippen molar-refractivity contribution in [2.45, 2.75) is 12.3 Å². The lowest BCUT2D eigenvalue weighted by atomic mass is 10.0. The standard InChI is InChI=1S/C18H18O3/c1-20-11-17(18(19)21-2)16-10-15(16)14-8-7-12-5-3-4-6-13(12)9-14/h3-9,11,15-16H,10H2,1-2H3/b17-11+/t15-,16-/m0/s1. The Morgan fingerprint density at radius 2 is 1.90 bits per heavy atom. The van der Waals surface area contributed by atoms with Crippen molar-refractivity contribution in [3.8, 4) is 0 Å². The Morgan fingerprint density at radius 1 is 1.14 bits per heavy atom. The average molecular weight is 282 g/mol. The van der Waals surface area contributed by atoms with Gasteiger partial charge in [-0.2, -0.15) is 0 Å². The molecule has 1 aliphatic carbocycles. The molecule has 1 aliphatic rings. The molecular formula is C18H18O3. The average Bonchev–Trinajstić information content (AvgIpc) is 3.31. The fourth-order valence-electron chi connectivity index (χ4n) is 2.88. The van der Waals surface area contributed by atoms with Gasteiger partial charge in [0.15, 0.2) is 0 Å². The molecule has 0 spiro atoms. The van der Waals surface area contributed by atoms with Gasteiger partial charge in [0.1, 0.15) is 0 Å². The molecule has 0 heterocycles. The Kier molecular flexibility index (Phi) is 3.65. The summed E-state index contributed by atoms with van der Waals surface area (Å²) < 4.78 is 9.85. The van der Waals surface area contributed by atoms with E-state index in [4.69, 9.17) is 9.47 Å². The lowest BCUT2D eigenvalue weighted by molar-refractivity contribution is -0.136. The van der Waals surface area contributed by atoms with Crippen LogP contribution in [0, 0.1) is 5.92 Å². The van der Waals surface area contributed by atoms with Crippen LogP contribution in [0.4, 0.5) is 0 Å². The first-order chi connectivity index (χ1) is 10.2. The van der Waals surface area contributed by atoms with E-state index in [1.807, 2.05) is 12.1 Å². The molecule has 3 rings (SSSR count). The number of benzene rings is 2. The van der Waals surface area contributed by atoms with Crippen LogP contribution in [0.2, 0.25) is 0 Å². The van der Waals surface area contributed by atoms with Gasteiger partial charge in [-0.25, -0.2) is 4.79 Å². The van der Waals surface area contributed by atoms with E-state index in [0.29, 0.717) is 11.5 Å². The van der Waals surface area contributed by atoms with Gasteiger partial charge in [-0.3, -0.25) is 0 Å². The van der Waals surface area contributed by atoms with Gasteiger partial charge in [-0.1, -0.05) is 42.5 Å². The molecule has 3 nitrogen and oxygen atoms in total. The fraction of sp³-hybridized carbons (Fsp3) is 0.278. The molecular weight excluding hydrogens is 264 g/mol. The summed E-state index contributed by atoms with van der Waals surface area (Å²) in [5, 5.41) is 2.47. The van der Waals surface area contributed by atoms with Crippen LogP contribution >= 0.6 is 0 Å². The largest absolute Gasteiger partial charge is 0.504 e. The normalized spacial score (nSPS) is 21.1. The molecule has 0 bridgehead atoms. The smallest absolute Gasteiger partial charge is 0.337 e. The van der Waals surface area contributed by atoms with E-state index in [1.165, 1.54) is 29.7 Å². The number of esters is 1. The minimum atomic E-state index is -0.301. The highest BCUT2D eigenvalue weighted by Crippen LogP contribution is 2.52. The van der Waals surface area contributed by atoms with E-state index in [2.05, 4.69) is 30.3 Å². The Bertz CT molecular complexity index is 702. The Hall–Kier alpha value is -2.29. The van der Waals surface area contributed by atoms with Gasteiger partial charge in [0.2, 0.25) is 0 Å². The van der Waals surface area contributed by atoms with Crippen molar-refractivity contribution < 1.29 is 14.3 Å². The highest BCUT2D eigenvalue weighted by atomic mass is 16.5. The zero-order chi connectivity index (χ0) is 14.8. The number of rotatable bonds is 4. The second-order valence-corrected chi connectivity index (χ2v) is 5.36. The first-order valence-corrected chi connectivity index (χ1v) is 7.04. The van der Waals surface area contributed by atoms with E-state index in [-0.39, 0.29) is 11.9 Å². The molecule has 0 saturated heterocycles. The summed E-state index contributed by atoms with van der Waals surface area (Å²) in [7, 11) is 2.95. The van der Waals surface area contributed by atoms with Gasteiger partial charge in [0.05, 0.1) is 26.1 Å². The van der Waals surface area contributed by atoms with E-state index in [9.17, 15) is 4.79 Å². The van der Waals surface area contributed by atoms with Gasteiger partial charge in [0.25, 0.3) is 0 Å².